The number of ether oxygens (including phenoxy) is 1. The van der Waals surface area contributed by atoms with Crippen molar-refractivity contribution in [2.75, 3.05) is 19.8 Å². The highest BCUT2D eigenvalue weighted by molar-refractivity contribution is 5.82. The van der Waals surface area contributed by atoms with E-state index in [-0.39, 0.29) is 18.0 Å². The van der Waals surface area contributed by atoms with Crippen LogP contribution in [0.3, 0.4) is 0 Å². The predicted molar refractivity (Wildman–Crippen MR) is 59.4 cm³/mol. The minimum atomic E-state index is -0.356. The molecule has 1 aliphatic rings. The summed E-state index contributed by atoms with van der Waals surface area (Å²) in [6.07, 6.45) is 0.753. The van der Waals surface area contributed by atoms with Crippen molar-refractivity contribution in [2.45, 2.75) is 39.3 Å². The van der Waals surface area contributed by atoms with E-state index in [1.165, 1.54) is 0 Å². The standard InChI is InChI=1S/C11H22N2O2/c1-8(2)6-10(12)11(14)13-4-5-15-7-9(13)3/h8-10H,4-7,12H2,1-3H3/t9-,10-/m1/s1. The second kappa shape index (κ2) is 5.47. The number of carbonyl (C=O) groups is 1. The predicted octanol–water partition coefficient (Wildman–Crippen LogP) is 0.607. The molecular weight excluding hydrogens is 192 g/mol. The van der Waals surface area contributed by atoms with Crippen molar-refractivity contribution in [3.63, 3.8) is 0 Å². The molecule has 4 heteroatoms. The van der Waals surface area contributed by atoms with Gasteiger partial charge in [0.25, 0.3) is 0 Å². The van der Waals surface area contributed by atoms with Gasteiger partial charge in [-0.25, -0.2) is 0 Å². The molecule has 0 bridgehead atoms. The number of carbonyl (C=O) groups excluding carboxylic acids is 1. The molecule has 88 valence electrons. The van der Waals surface area contributed by atoms with Gasteiger partial charge in [0.2, 0.25) is 5.91 Å². The van der Waals surface area contributed by atoms with Crippen LogP contribution in [0.4, 0.5) is 0 Å². The monoisotopic (exact) mass is 214 g/mol. The summed E-state index contributed by atoms with van der Waals surface area (Å²) >= 11 is 0. The fourth-order valence-corrected chi connectivity index (χ4v) is 1.88. The molecular formula is C11H22N2O2. The summed E-state index contributed by atoms with van der Waals surface area (Å²) in [7, 11) is 0. The minimum Gasteiger partial charge on any atom is -0.377 e. The average Bonchev–Trinajstić information content (AvgIpc) is 2.16. The Morgan fingerprint density at radius 3 is 2.80 bits per heavy atom. The minimum absolute atomic E-state index is 0.0690. The first-order valence-electron chi connectivity index (χ1n) is 5.66. The van der Waals surface area contributed by atoms with Crippen LogP contribution in [-0.2, 0) is 9.53 Å². The van der Waals surface area contributed by atoms with Gasteiger partial charge in [0.1, 0.15) is 0 Å². The number of hydrogen-bond donors (Lipinski definition) is 1. The number of nitrogens with two attached hydrogens (primary N) is 1. The summed E-state index contributed by atoms with van der Waals surface area (Å²) in [5.41, 5.74) is 5.88. The summed E-state index contributed by atoms with van der Waals surface area (Å²) in [6, 6.07) is -0.199. The second-order valence-electron chi connectivity index (χ2n) is 4.69. The van der Waals surface area contributed by atoms with Crippen molar-refractivity contribution in [3.05, 3.63) is 0 Å². The molecule has 4 nitrogen and oxygen atoms in total. The summed E-state index contributed by atoms with van der Waals surface area (Å²) < 4.78 is 5.29. The molecule has 15 heavy (non-hydrogen) atoms. The third-order valence-corrected chi connectivity index (χ3v) is 2.69. The quantitative estimate of drug-likeness (QED) is 0.749. The molecule has 0 aromatic rings. The molecule has 1 aliphatic heterocycles. The molecule has 1 fully saturated rings. The van der Waals surface area contributed by atoms with Crippen LogP contribution in [0.5, 0.6) is 0 Å². The Morgan fingerprint density at radius 1 is 1.60 bits per heavy atom. The lowest BCUT2D eigenvalue weighted by atomic mass is 10.0. The first-order valence-corrected chi connectivity index (χ1v) is 5.66. The molecule has 0 radical (unpaired) electrons. The molecule has 1 rings (SSSR count). The van der Waals surface area contributed by atoms with Gasteiger partial charge in [-0.2, -0.15) is 0 Å². The Labute approximate surface area is 91.8 Å². The van der Waals surface area contributed by atoms with Crippen molar-refractivity contribution in [1.29, 1.82) is 0 Å². The highest BCUT2D eigenvalue weighted by Gasteiger charge is 2.27. The molecule has 1 saturated heterocycles. The maximum atomic E-state index is 12.0. The van der Waals surface area contributed by atoms with E-state index in [1.54, 1.807) is 0 Å². The Morgan fingerprint density at radius 2 is 2.27 bits per heavy atom. The van der Waals surface area contributed by atoms with E-state index in [9.17, 15) is 4.79 Å². The highest BCUT2D eigenvalue weighted by atomic mass is 16.5. The zero-order valence-corrected chi connectivity index (χ0v) is 9.90. The zero-order valence-electron chi connectivity index (χ0n) is 9.90. The topological polar surface area (TPSA) is 55.6 Å². The van der Waals surface area contributed by atoms with Crippen LogP contribution in [0.1, 0.15) is 27.2 Å². The van der Waals surface area contributed by atoms with Crippen molar-refractivity contribution >= 4 is 5.91 Å². The first-order chi connectivity index (χ1) is 7.02. The molecule has 0 aromatic carbocycles. The molecule has 2 N–H and O–H groups in total. The first kappa shape index (κ1) is 12.5. The maximum Gasteiger partial charge on any atom is 0.239 e. The van der Waals surface area contributed by atoms with Crippen LogP contribution in [0.15, 0.2) is 0 Å². The fraction of sp³-hybridized carbons (Fsp3) is 0.909. The Kier molecular flexibility index (Phi) is 4.54. The zero-order chi connectivity index (χ0) is 11.4. The van der Waals surface area contributed by atoms with Crippen LogP contribution >= 0.6 is 0 Å². The van der Waals surface area contributed by atoms with E-state index in [2.05, 4.69) is 13.8 Å². The Balaban J connectivity index is 2.50. The number of rotatable bonds is 3. The van der Waals surface area contributed by atoms with E-state index >= 15 is 0 Å². The summed E-state index contributed by atoms with van der Waals surface area (Å²) in [6.45, 7) is 8.08. The van der Waals surface area contributed by atoms with Crippen molar-refractivity contribution in [2.24, 2.45) is 11.7 Å². The van der Waals surface area contributed by atoms with E-state index < -0.39 is 0 Å². The van der Waals surface area contributed by atoms with Crippen molar-refractivity contribution in [1.82, 2.24) is 4.90 Å². The summed E-state index contributed by atoms with van der Waals surface area (Å²) in [5.74, 6) is 0.528. The van der Waals surface area contributed by atoms with Crippen LogP contribution in [0.25, 0.3) is 0 Å². The SMILES string of the molecule is CC(C)C[C@@H](N)C(=O)N1CCOC[C@H]1C. The lowest BCUT2D eigenvalue weighted by molar-refractivity contribution is -0.140. The number of hydrogen-bond acceptors (Lipinski definition) is 3. The molecule has 0 aromatic heterocycles. The number of morpholine rings is 1. The lowest BCUT2D eigenvalue weighted by Gasteiger charge is -2.35. The number of amides is 1. The largest absolute Gasteiger partial charge is 0.377 e. The van der Waals surface area contributed by atoms with Gasteiger partial charge < -0.3 is 15.4 Å². The fourth-order valence-electron chi connectivity index (χ4n) is 1.88. The number of nitrogens with zero attached hydrogens (tertiary/aromatic N) is 1. The van der Waals surface area contributed by atoms with E-state index in [1.807, 2.05) is 11.8 Å². The third kappa shape index (κ3) is 3.47. The van der Waals surface area contributed by atoms with E-state index in [0.717, 1.165) is 6.42 Å². The Hall–Kier alpha value is -0.610. The van der Waals surface area contributed by atoms with Gasteiger partial charge in [-0.15, -0.1) is 0 Å². The second-order valence-corrected chi connectivity index (χ2v) is 4.69. The normalized spacial score (nSPS) is 24.3. The van der Waals surface area contributed by atoms with Gasteiger partial charge in [-0.05, 0) is 19.3 Å². The van der Waals surface area contributed by atoms with Gasteiger partial charge >= 0.3 is 0 Å². The molecule has 1 amide bonds. The van der Waals surface area contributed by atoms with Gasteiger partial charge in [0.05, 0.1) is 25.3 Å². The van der Waals surface area contributed by atoms with Gasteiger partial charge in [-0.1, -0.05) is 13.8 Å². The molecule has 0 saturated carbocycles. The van der Waals surface area contributed by atoms with E-state index in [0.29, 0.717) is 25.7 Å². The van der Waals surface area contributed by atoms with Gasteiger partial charge in [0.15, 0.2) is 0 Å². The van der Waals surface area contributed by atoms with Crippen molar-refractivity contribution < 1.29 is 9.53 Å². The highest BCUT2D eigenvalue weighted by Crippen LogP contribution is 2.11. The van der Waals surface area contributed by atoms with Gasteiger partial charge in [0, 0.05) is 6.54 Å². The summed E-state index contributed by atoms with van der Waals surface area (Å²) in [4.78, 5) is 13.8. The third-order valence-electron chi connectivity index (χ3n) is 2.69. The molecule has 2 atom stereocenters. The molecule has 0 aliphatic carbocycles. The lowest BCUT2D eigenvalue weighted by Crippen LogP contribution is -2.53. The van der Waals surface area contributed by atoms with Crippen LogP contribution < -0.4 is 5.73 Å². The van der Waals surface area contributed by atoms with Crippen LogP contribution in [0.2, 0.25) is 0 Å². The maximum absolute atomic E-state index is 12.0. The van der Waals surface area contributed by atoms with Gasteiger partial charge in [-0.3, -0.25) is 4.79 Å². The summed E-state index contributed by atoms with van der Waals surface area (Å²) in [5, 5.41) is 0. The smallest absolute Gasteiger partial charge is 0.239 e. The molecule has 1 heterocycles. The van der Waals surface area contributed by atoms with Crippen LogP contribution in [-0.4, -0.2) is 42.6 Å². The Bertz CT molecular complexity index is 219. The average molecular weight is 214 g/mol. The van der Waals surface area contributed by atoms with Crippen LogP contribution in [0, 0.1) is 5.92 Å². The van der Waals surface area contributed by atoms with Crippen molar-refractivity contribution in [3.8, 4) is 0 Å². The molecule has 0 unspecified atom stereocenters. The van der Waals surface area contributed by atoms with E-state index in [4.69, 9.17) is 10.5 Å². The molecule has 0 spiro atoms.